The largest absolute Gasteiger partial charge is 0.561 e. The predicted molar refractivity (Wildman–Crippen MR) is 53.5 cm³/mol. The van der Waals surface area contributed by atoms with Gasteiger partial charge in [0.25, 0.3) is 0 Å². The van der Waals surface area contributed by atoms with Crippen LogP contribution in [0.25, 0.3) is 0 Å². The van der Waals surface area contributed by atoms with E-state index in [1.54, 1.807) is 30.3 Å². The van der Waals surface area contributed by atoms with Gasteiger partial charge in [-0.3, -0.25) is 4.79 Å². The Morgan fingerprint density at radius 2 is 1.67 bits per heavy atom. The zero-order valence-electron chi connectivity index (χ0n) is 8.01. The van der Waals surface area contributed by atoms with E-state index in [4.69, 9.17) is 0 Å². The maximum Gasteiger partial charge on any atom is 0.348 e. The molecule has 1 aliphatic rings. The molecule has 0 aromatic heterocycles. The second kappa shape index (κ2) is 3.20. The lowest BCUT2D eigenvalue weighted by Crippen LogP contribution is -2.21. The molecule has 1 aromatic rings. The summed E-state index contributed by atoms with van der Waals surface area (Å²) in [7, 11) is 0. The number of hydrogen-bond acceptors (Lipinski definition) is 3. The molecule has 0 aliphatic carbocycles. The number of rotatable bonds is 1. The minimum Gasteiger partial charge on any atom is -0.561 e. The van der Waals surface area contributed by atoms with Crippen LogP contribution >= 0.6 is 0 Å². The molecule has 0 atom stereocenters. The summed E-state index contributed by atoms with van der Waals surface area (Å²) in [5.74, 6) is -0.522. The highest BCUT2D eigenvalue weighted by Crippen LogP contribution is 2.07. The molecule has 0 fully saturated rings. The van der Waals surface area contributed by atoms with Crippen LogP contribution < -0.4 is 0 Å². The number of Topliss-reactive ketones (excluding diaryl/α,β-unsaturated/α-hetero) is 1. The fraction of sp³-hybridized carbons (Fsp3) is 0.100. The minimum atomic E-state index is -0.522. The van der Waals surface area contributed by atoms with Crippen LogP contribution in [0.4, 0.5) is 0 Å². The predicted octanol–water partition coefficient (Wildman–Crippen LogP) is 0.455. The molecule has 1 aromatic carbocycles. The maximum atomic E-state index is 11.6. The first-order chi connectivity index (χ1) is 7.13. The van der Waals surface area contributed by atoms with Crippen molar-refractivity contribution in [1.82, 2.24) is 0 Å². The van der Waals surface area contributed by atoms with Gasteiger partial charge < -0.3 is 10.4 Å². The molecule has 0 saturated carbocycles. The Labute approximate surface area is 85.7 Å². The number of nitrogens with zero attached hydrogens (tertiary/aromatic N) is 2. The Morgan fingerprint density at radius 3 is 2.13 bits per heavy atom. The highest BCUT2D eigenvalue weighted by atomic mass is 16.7. The molecule has 0 unspecified atom stereocenters. The fourth-order valence-corrected chi connectivity index (χ4v) is 1.41. The van der Waals surface area contributed by atoms with E-state index in [0.29, 0.717) is 5.56 Å². The summed E-state index contributed by atoms with van der Waals surface area (Å²) in [6.45, 7) is 1.33. The van der Waals surface area contributed by atoms with Crippen LogP contribution in [0.5, 0.6) is 0 Å². The zero-order valence-corrected chi connectivity index (χ0v) is 8.01. The third kappa shape index (κ3) is 1.28. The topological polar surface area (TPSA) is 69.2 Å². The van der Waals surface area contributed by atoms with Gasteiger partial charge in [0.15, 0.2) is 0 Å². The summed E-state index contributed by atoms with van der Waals surface area (Å²) in [6, 6.07) is 8.40. The van der Waals surface area contributed by atoms with Gasteiger partial charge in [-0.1, -0.05) is 18.2 Å². The van der Waals surface area contributed by atoms with Gasteiger partial charge in [-0.15, -0.1) is 0 Å². The summed E-state index contributed by atoms with van der Waals surface area (Å²) in [5, 5.41) is 22.5. The van der Waals surface area contributed by atoms with Crippen molar-refractivity contribution in [2.75, 3.05) is 0 Å². The molecular weight excluding hydrogens is 196 g/mol. The average Bonchev–Trinajstić information content (AvgIpc) is 2.45. The smallest absolute Gasteiger partial charge is 0.348 e. The minimum absolute atomic E-state index is 0.0602. The van der Waals surface area contributed by atoms with Crippen LogP contribution in [0.15, 0.2) is 30.3 Å². The number of ketones is 1. The van der Waals surface area contributed by atoms with Crippen molar-refractivity contribution in [2.24, 2.45) is 0 Å². The quantitative estimate of drug-likeness (QED) is 0.492. The number of benzene rings is 1. The van der Waals surface area contributed by atoms with E-state index in [-0.39, 0.29) is 21.1 Å². The molecule has 0 bridgehead atoms. The first-order valence-electron chi connectivity index (χ1n) is 4.38. The van der Waals surface area contributed by atoms with Crippen LogP contribution in [-0.2, 0) is 4.79 Å². The van der Waals surface area contributed by atoms with Gasteiger partial charge in [0, 0.05) is 6.92 Å². The molecule has 76 valence electrons. The maximum absolute atomic E-state index is 11.6. The molecule has 5 heteroatoms. The Kier molecular flexibility index (Phi) is 2.00. The van der Waals surface area contributed by atoms with Crippen molar-refractivity contribution in [3.63, 3.8) is 0 Å². The number of carbonyl (C=O) groups excluding carboxylic acids is 1. The van der Waals surface area contributed by atoms with Gasteiger partial charge in [-0.25, -0.2) is 0 Å². The van der Waals surface area contributed by atoms with Crippen molar-refractivity contribution in [1.29, 1.82) is 0 Å². The first kappa shape index (κ1) is 9.39. The SMILES string of the molecule is CC1=[N+]([O-])[N+]([O-])=C(c2ccccc2)C1=O. The van der Waals surface area contributed by atoms with E-state index in [1.807, 2.05) is 0 Å². The lowest BCUT2D eigenvalue weighted by Gasteiger charge is -1.97. The van der Waals surface area contributed by atoms with Gasteiger partial charge in [0.1, 0.15) is 0 Å². The van der Waals surface area contributed by atoms with E-state index in [9.17, 15) is 15.2 Å². The number of hydrogen-bond donors (Lipinski definition) is 0. The van der Waals surface area contributed by atoms with Crippen molar-refractivity contribution in [3.05, 3.63) is 46.3 Å². The normalized spacial score (nSPS) is 16.5. The molecule has 1 aliphatic heterocycles. The molecule has 0 saturated heterocycles. The summed E-state index contributed by atoms with van der Waals surface area (Å²) >= 11 is 0. The highest BCUT2D eigenvalue weighted by molar-refractivity contribution is 6.67. The number of hydrazone groups is 2. The van der Waals surface area contributed by atoms with Gasteiger partial charge >= 0.3 is 17.2 Å². The van der Waals surface area contributed by atoms with Gasteiger partial charge in [0.2, 0.25) is 0 Å². The summed E-state index contributed by atoms with van der Waals surface area (Å²) in [4.78, 5) is 11.7. The van der Waals surface area contributed by atoms with E-state index >= 15 is 0 Å². The van der Waals surface area contributed by atoms with Crippen LogP contribution in [0.2, 0.25) is 0 Å². The third-order valence-corrected chi connectivity index (χ3v) is 2.23. The summed E-state index contributed by atoms with van der Waals surface area (Å²) in [5.41, 5.74) is 0.224. The van der Waals surface area contributed by atoms with Crippen LogP contribution in [0, 0.1) is 10.4 Å². The van der Waals surface area contributed by atoms with E-state index < -0.39 is 5.78 Å². The van der Waals surface area contributed by atoms with Crippen molar-refractivity contribution >= 4 is 17.2 Å². The van der Waals surface area contributed by atoms with Crippen molar-refractivity contribution in [3.8, 4) is 0 Å². The van der Waals surface area contributed by atoms with Crippen LogP contribution in [0.1, 0.15) is 12.5 Å². The third-order valence-electron chi connectivity index (χ3n) is 2.23. The van der Waals surface area contributed by atoms with Crippen molar-refractivity contribution < 1.29 is 14.5 Å². The van der Waals surface area contributed by atoms with Gasteiger partial charge in [0.05, 0.1) is 15.3 Å². The second-order valence-corrected chi connectivity index (χ2v) is 3.18. The molecule has 0 radical (unpaired) electrons. The average molecular weight is 204 g/mol. The van der Waals surface area contributed by atoms with Crippen LogP contribution in [0.3, 0.4) is 0 Å². The highest BCUT2D eigenvalue weighted by Gasteiger charge is 2.41. The summed E-state index contributed by atoms with van der Waals surface area (Å²) < 4.78 is 0. The van der Waals surface area contributed by atoms with E-state index in [1.165, 1.54) is 6.92 Å². The fourth-order valence-electron chi connectivity index (χ4n) is 1.41. The second-order valence-electron chi connectivity index (χ2n) is 3.18. The molecule has 15 heavy (non-hydrogen) atoms. The number of carbonyl (C=O) groups is 1. The van der Waals surface area contributed by atoms with Crippen molar-refractivity contribution in [2.45, 2.75) is 6.92 Å². The lowest BCUT2D eigenvalue weighted by atomic mass is 10.1. The molecule has 5 nitrogen and oxygen atoms in total. The number of hydrazine groups is 1. The first-order valence-corrected chi connectivity index (χ1v) is 4.38. The van der Waals surface area contributed by atoms with E-state index in [2.05, 4.69) is 0 Å². The Balaban J connectivity index is 2.56. The zero-order chi connectivity index (χ0) is 11.0. The van der Waals surface area contributed by atoms with Crippen LogP contribution in [-0.4, -0.2) is 26.9 Å². The lowest BCUT2D eigenvalue weighted by molar-refractivity contribution is -1.05. The monoisotopic (exact) mass is 204 g/mol. The molecular formula is C10H8N2O3. The Hall–Kier alpha value is -2.17. The Bertz CT molecular complexity index is 489. The Morgan fingerprint density at radius 1 is 1.07 bits per heavy atom. The molecule has 2 rings (SSSR count). The van der Waals surface area contributed by atoms with Gasteiger partial charge in [-0.2, -0.15) is 0 Å². The molecule has 0 amide bonds. The standard InChI is InChI=1S/C10H8N2O3/c1-7-10(13)9(12(15)11(7)14)8-5-3-2-4-6-8/h2-6H,1H3. The molecule has 0 spiro atoms. The van der Waals surface area contributed by atoms with E-state index in [0.717, 1.165) is 0 Å². The van der Waals surface area contributed by atoms with Gasteiger partial charge in [-0.05, 0) is 12.1 Å². The summed E-state index contributed by atoms with van der Waals surface area (Å²) in [6.07, 6.45) is 0. The molecule has 1 heterocycles. The molecule has 0 N–H and O–H groups in total.